The van der Waals surface area contributed by atoms with E-state index in [0.29, 0.717) is 5.13 Å². The minimum absolute atomic E-state index is 0. The summed E-state index contributed by atoms with van der Waals surface area (Å²) in [7, 11) is 1.52. The summed E-state index contributed by atoms with van der Waals surface area (Å²) in [6.07, 6.45) is 0.944. The third-order valence-electron chi connectivity index (χ3n) is 3.17. The molecule has 1 unspecified atom stereocenters. The summed E-state index contributed by atoms with van der Waals surface area (Å²) in [5, 5.41) is 3.40. The van der Waals surface area contributed by atoms with Crippen LogP contribution in [0.25, 0.3) is 0 Å². The van der Waals surface area contributed by atoms with Crippen molar-refractivity contribution in [3.8, 4) is 0 Å². The van der Waals surface area contributed by atoms with Gasteiger partial charge in [-0.15, -0.1) is 36.2 Å². The summed E-state index contributed by atoms with van der Waals surface area (Å²) in [5.41, 5.74) is 6.78. The van der Waals surface area contributed by atoms with Crippen molar-refractivity contribution in [2.75, 3.05) is 32.1 Å². The van der Waals surface area contributed by atoms with Gasteiger partial charge in [-0.1, -0.05) is 6.92 Å². The summed E-state index contributed by atoms with van der Waals surface area (Å²) in [6.45, 7) is 5.35. The number of carbonyl (C=O) groups excluding carboxylic acids is 1. The van der Waals surface area contributed by atoms with E-state index >= 15 is 0 Å². The second-order valence-corrected chi connectivity index (χ2v) is 5.64. The Morgan fingerprint density at radius 1 is 1.57 bits per heavy atom. The Labute approximate surface area is 141 Å². The Kier molecular flexibility index (Phi) is 9.35. The monoisotopic (exact) mass is 356 g/mol. The number of anilines is 1. The predicted molar refractivity (Wildman–Crippen MR) is 89.7 cm³/mol. The third kappa shape index (κ3) is 5.36. The summed E-state index contributed by atoms with van der Waals surface area (Å²) in [6, 6.07) is -0.655. The molecule has 2 rings (SSSR count). The number of thiazole rings is 1. The molecule has 0 spiro atoms. The highest BCUT2D eigenvalue weighted by molar-refractivity contribution is 7.15. The number of amides is 1. The summed E-state index contributed by atoms with van der Waals surface area (Å²) >= 11 is 1.54. The molecule has 3 N–H and O–H groups in total. The number of nitrogens with two attached hydrogens (primary N) is 1. The van der Waals surface area contributed by atoms with Crippen molar-refractivity contribution in [1.29, 1.82) is 0 Å². The first-order valence-corrected chi connectivity index (χ1v) is 7.22. The molecule has 1 aromatic heterocycles. The van der Waals surface area contributed by atoms with E-state index in [4.69, 9.17) is 10.5 Å². The molecule has 1 aliphatic rings. The first-order chi connectivity index (χ1) is 9.13. The molecule has 0 bridgehead atoms. The number of fused-ring (bicyclic) bond motifs is 1. The van der Waals surface area contributed by atoms with Gasteiger partial charge in [-0.2, -0.15) is 0 Å². The SMILES string of the molecule is CCN1CCc2nc(NC(=O)C(N)COC)sc2C1.Cl.Cl. The Bertz CT molecular complexity index is 458. The highest BCUT2D eigenvalue weighted by Gasteiger charge is 2.21. The number of nitrogens with one attached hydrogen (secondary N) is 1. The molecule has 0 saturated carbocycles. The van der Waals surface area contributed by atoms with E-state index in [1.807, 2.05) is 0 Å². The minimum Gasteiger partial charge on any atom is -0.383 e. The Morgan fingerprint density at radius 3 is 2.90 bits per heavy atom. The number of halogens is 2. The fourth-order valence-electron chi connectivity index (χ4n) is 2.03. The molecular weight excluding hydrogens is 335 g/mol. The van der Waals surface area contributed by atoms with Crippen LogP contribution < -0.4 is 11.1 Å². The zero-order valence-electron chi connectivity index (χ0n) is 12.1. The van der Waals surface area contributed by atoms with Crippen molar-refractivity contribution in [3.05, 3.63) is 10.6 Å². The van der Waals surface area contributed by atoms with Gasteiger partial charge in [-0.25, -0.2) is 4.98 Å². The second-order valence-electron chi connectivity index (χ2n) is 4.56. The molecule has 0 aliphatic carbocycles. The zero-order valence-corrected chi connectivity index (χ0v) is 14.6. The van der Waals surface area contributed by atoms with Gasteiger partial charge < -0.3 is 15.8 Å². The van der Waals surface area contributed by atoms with Crippen molar-refractivity contribution in [2.24, 2.45) is 5.73 Å². The smallest absolute Gasteiger partial charge is 0.245 e. The van der Waals surface area contributed by atoms with Crippen molar-refractivity contribution >= 4 is 47.2 Å². The van der Waals surface area contributed by atoms with Crippen LogP contribution in [0.1, 0.15) is 17.5 Å². The lowest BCUT2D eigenvalue weighted by Crippen LogP contribution is -2.39. The van der Waals surface area contributed by atoms with E-state index in [1.165, 1.54) is 23.3 Å². The van der Waals surface area contributed by atoms with Crippen LogP contribution >= 0.6 is 36.2 Å². The number of carbonyl (C=O) groups is 1. The molecule has 9 heteroatoms. The van der Waals surface area contributed by atoms with Gasteiger partial charge in [0, 0.05) is 31.5 Å². The normalized spacial score (nSPS) is 15.4. The van der Waals surface area contributed by atoms with Crippen molar-refractivity contribution in [2.45, 2.75) is 25.9 Å². The number of likely N-dealkylation sites (N-methyl/N-ethyl adjacent to an activating group) is 1. The summed E-state index contributed by atoms with van der Waals surface area (Å²) < 4.78 is 4.86. The van der Waals surface area contributed by atoms with Crippen LogP contribution in [-0.4, -0.2) is 48.6 Å². The zero-order chi connectivity index (χ0) is 13.8. The Morgan fingerprint density at radius 2 is 2.29 bits per heavy atom. The van der Waals surface area contributed by atoms with Crippen molar-refractivity contribution < 1.29 is 9.53 Å². The quantitative estimate of drug-likeness (QED) is 0.830. The second kappa shape index (κ2) is 9.55. The van der Waals surface area contributed by atoms with E-state index in [2.05, 4.69) is 22.1 Å². The van der Waals surface area contributed by atoms with Gasteiger partial charge in [0.2, 0.25) is 5.91 Å². The lowest BCUT2D eigenvalue weighted by atomic mass is 10.2. The number of hydrogen-bond acceptors (Lipinski definition) is 6. The molecule has 1 atom stereocenters. The number of methoxy groups -OCH3 is 1. The lowest BCUT2D eigenvalue weighted by Gasteiger charge is -2.23. The average Bonchev–Trinajstić information content (AvgIpc) is 2.79. The summed E-state index contributed by atoms with van der Waals surface area (Å²) in [5.74, 6) is -0.250. The number of hydrogen-bond donors (Lipinski definition) is 2. The number of aromatic nitrogens is 1. The van der Waals surface area contributed by atoms with E-state index in [1.54, 1.807) is 0 Å². The molecule has 0 saturated heterocycles. The molecule has 0 fully saturated rings. The van der Waals surface area contributed by atoms with E-state index in [-0.39, 0.29) is 37.3 Å². The maximum absolute atomic E-state index is 11.8. The number of nitrogens with zero attached hydrogens (tertiary/aromatic N) is 2. The predicted octanol–water partition coefficient (Wildman–Crippen LogP) is 1.28. The average molecular weight is 357 g/mol. The molecule has 1 aliphatic heterocycles. The molecule has 1 aromatic rings. The van der Waals surface area contributed by atoms with Crippen molar-refractivity contribution in [1.82, 2.24) is 9.88 Å². The molecule has 6 nitrogen and oxygen atoms in total. The van der Waals surface area contributed by atoms with Gasteiger partial charge in [0.25, 0.3) is 0 Å². The van der Waals surface area contributed by atoms with E-state index < -0.39 is 6.04 Å². The van der Waals surface area contributed by atoms with E-state index in [0.717, 1.165) is 31.7 Å². The fraction of sp³-hybridized carbons (Fsp3) is 0.667. The highest BCUT2D eigenvalue weighted by Crippen LogP contribution is 2.28. The van der Waals surface area contributed by atoms with Crippen molar-refractivity contribution in [3.63, 3.8) is 0 Å². The topological polar surface area (TPSA) is 80.5 Å². The molecule has 21 heavy (non-hydrogen) atoms. The van der Waals surface area contributed by atoms with E-state index in [9.17, 15) is 4.79 Å². The Balaban J connectivity index is 0.00000200. The fourth-order valence-corrected chi connectivity index (χ4v) is 3.08. The van der Waals surface area contributed by atoms with Crippen LogP contribution in [0.2, 0.25) is 0 Å². The standard InChI is InChI=1S/C12H20N4O2S.2ClH/c1-3-16-5-4-9-10(6-16)19-12(14-9)15-11(17)8(13)7-18-2;;/h8H,3-7,13H2,1-2H3,(H,14,15,17);2*1H. The van der Waals surface area contributed by atoms with Crippen LogP contribution in [0.4, 0.5) is 5.13 Å². The van der Waals surface area contributed by atoms with Gasteiger partial charge in [-0.3, -0.25) is 9.69 Å². The lowest BCUT2D eigenvalue weighted by molar-refractivity contribution is -0.118. The molecule has 0 radical (unpaired) electrons. The van der Waals surface area contributed by atoms with Gasteiger partial charge in [0.15, 0.2) is 5.13 Å². The minimum atomic E-state index is -0.655. The van der Waals surface area contributed by atoms with Crippen LogP contribution in [-0.2, 0) is 22.5 Å². The summed E-state index contributed by atoms with van der Waals surface area (Å²) in [4.78, 5) is 19.8. The highest BCUT2D eigenvalue weighted by atomic mass is 35.5. The number of rotatable bonds is 5. The first kappa shape index (κ1) is 20.6. The maximum atomic E-state index is 11.8. The van der Waals surface area contributed by atoms with Gasteiger partial charge in [0.1, 0.15) is 6.04 Å². The van der Waals surface area contributed by atoms with Gasteiger partial charge >= 0.3 is 0 Å². The molecule has 122 valence electrons. The van der Waals surface area contributed by atoms with Gasteiger partial charge in [-0.05, 0) is 6.54 Å². The largest absolute Gasteiger partial charge is 0.383 e. The third-order valence-corrected chi connectivity index (χ3v) is 4.17. The molecule has 2 heterocycles. The first-order valence-electron chi connectivity index (χ1n) is 6.40. The number of ether oxygens (including phenoxy) is 1. The van der Waals surface area contributed by atoms with Crippen LogP contribution in [0.15, 0.2) is 0 Å². The molecule has 1 amide bonds. The maximum Gasteiger partial charge on any atom is 0.245 e. The Hall–Kier alpha value is -0.440. The van der Waals surface area contributed by atoms with Crippen LogP contribution in [0.5, 0.6) is 0 Å². The van der Waals surface area contributed by atoms with Gasteiger partial charge in [0.05, 0.1) is 12.3 Å². The molecular formula is C12H22Cl2N4O2S. The van der Waals surface area contributed by atoms with Crippen LogP contribution in [0, 0.1) is 0 Å². The van der Waals surface area contributed by atoms with Crippen LogP contribution in [0.3, 0.4) is 0 Å². The molecule has 0 aromatic carbocycles.